The van der Waals surface area contributed by atoms with Crippen LogP contribution in [0.4, 0.5) is 0 Å². The van der Waals surface area contributed by atoms with E-state index in [9.17, 15) is 0 Å². The van der Waals surface area contributed by atoms with Gasteiger partial charge in [0.15, 0.2) is 0 Å². The summed E-state index contributed by atoms with van der Waals surface area (Å²) in [5, 5.41) is 4.31. The second-order valence-electron chi connectivity index (χ2n) is 3.69. The second kappa shape index (κ2) is 7.00. The van der Waals surface area contributed by atoms with Gasteiger partial charge < -0.3 is 10.1 Å². The van der Waals surface area contributed by atoms with Crippen molar-refractivity contribution in [2.24, 2.45) is 0 Å². The van der Waals surface area contributed by atoms with Gasteiger partial charge in [0.05, 0.1) is 0 Å². The van der Waals surface area contributed by atoms with Gasteiger partial charge in [-0.3, -0.25) is 0 Å². The fraction of sp³-hybridized carbons (Fsp3) is 0.500. The molecular formula is C12H17Cl2NO. The van der Waals surface area contributed by atoms with Crippen molar-refractivity contribution in [2.45, 2.75) is 25.9 Å². The van der Waals surface area contributed by atoms with Gasteiger partial charge in [-0.25, -0.2) is 0 Å². The molecule has 1 N–H and O–H groups in total. The van der Waals surface area contributed by atoms with Crippen LogP contribution in [0.5, 0.6) is 5.75 Å². The molecule has 0 aliphatic carbocycles. The summed E-state index contributed by atoms with van der Waals surface area (Å²) < 4.78 is 5.83. The van der Waals surface area contributed by atoms with E-state index in [4.69, 9.17) is 27.9 Å². The minimum Gasteiger partial charge on any atom is -0.489 e. The monoisotopic (exact) mass is 261 g/mol. The summed E-state index contributed by atoms with van der Waals surface area (Å²) in [6, 6.07) is 5.26. The molecular weight excluding hydrogens is 245 g/mol. The number of rotatable bonds is 6. The van der Waals surface area contributed by atoms with E-state index in [0.29, 0.717) is 10.0 Å². The molecule has 0 bridgehead atoms. The zero-order valence-corrected chi connectivity index (χ0v) is 11.1. The summed E-state index contributed by atoms with van der Waals surface area (Å²) >= 11 is 11.8. The van der Waals surface area contributed by atoms with Gasteiger partial charge in [0, 0.05) is 16.6 Å². The minimum absolute atomic E-state index is 0.157. The molecule has 1 atom stereocenters. The Kier molecular flexibility index (Phi) is 5.96. The Balaban J connectivity index is 2.68. The number of benzene rings is 1. The van der Waals surface area contributed by atoms with Crippen molar-refractivity contribution in [2.75, 3.05) is 13.6 Å². The van der Waals surface area contributed by atoms with Crippen molar-refractivity contribution in [1.29, 1.82) is 0 Å². The lowest BCUT2D eigenvalue weighted by molar-refractivity contribution is 0.189. The van der Waals surface area contributed by atoms with Gasteiger partial charge in [0.25, 0.3) is 0 Å². The predicted octanol–water partition coefficient (Wildman–Crippen LogP) is 3.76. The molecule has 0 heterocycles. The first-order valence-electron chi connectivity index (χ1n) is 5.43. The lowest BCUT2D eigenvalue weighted by Gasteiger charge is -2.18. The maximum absolute atomic E-state index is 5.91. The molecule has 1 rings (SSSR count). The largest absolute Gasteiger partial charge is 0.489 e. The fourth-order valence-electron chi connectivity index (χ4n) is 1.54. The number of hydrogen-bond donors (Lipinski definition) is 1. The molecule has 0 aliphatic rings. The SMILES string of the molecule is CCCC(CNC)Oc1cc(Cl)cc(Cl)c1. The Hall–Kier alpha value is -0.440. The third-order valence-corrected chi connectivity index (χ3v) is 2.62. The molecule has 16 heavy (non-hydrogen) atoms. The molecule has 1 unspecified atom stereocenters. The average Bonchev–Trinajstić information content (AvgIpc) is 2.16. The molecule has 4 heteroatoms. The first-order valence-corrected chi connectivity index (χ1v) is 6.18. The quantitative estimate of drug-likeness (QED) is 0.842. The van der Waals surface area contributed by atoms with Gasteiger partial charge in [-0.05, 0) is 31.7 Å². The summed E-state index contributed by atoms with van der Waals surface area (Å²) in [6.07, 6.45) is 2.25. The Labute approximate surface area is 107 Å². The van der Waals surface area contributed by atoms with Crippen LogP contribution < -0.4 is 10.1 Å². The van der Waals surface area contributed by atoms with Crippen LogP contribution in [0.25, 0.3) is 0 Å². The minimum atomic E-state index is 0.157. The molecule has 0 fully saturated rings. The smallest absolute Gasteiger partial charge is 0.122 e. The van der Waals surface area contributed by atoms with Crippen molar-refractivity contribution >= 4 is 23.2 Å². The van der Waals surface area contributed by atoms with Gasteiger partial charge >= 0.3 is 0 Å². The normalized spacial score (nSPS) is 12.5. The van der Waals surface area contributed by atoms with E-state index in [1.54, 1.807) is 18.2 Å². The van der Waals surface area contributed by atoms with Crippen LogP contribution in [0.1, 0.15) is 19.8 Å². The average molecular weight is 262 g/mol. The van der Waals surface area contributed by atoms with Crippen LogP contribution in [0.3, 0.4) is 0 Å². The molecule has 0 amide bonds. The van der Waals surface area contributed by atoms with E-state index in [2.05, 4.69) is 12.2 Å². The summed E-state index contributed by atoms with van der Waals surface area (Å²) in [5.41, 5.74) is 0. The van der Waals surface area contributed by atoms with Crippen LogP contribution in [0.2, 0.25) is 10.0 Å². The summed E-state index contributed by atoms with van der Waals surface area (Å²) in [7, 11) is 1.91. The van der Waals surface area contributed by atoms with Crippen LogP contribution >= 0.6 is 23.2 Å². The van der Waals surface area contributed by atoms with Crippen LogP contribution in [0.15, 0.2) is 18.2 Å². The molecule has 0 spiro atoms. The molecule has 2 nitrogen and oxygen atoms in total. The van der Waals surface area contributed by atoms with E-state index >= 15 is 0 Å². The van der Waals surface area contributed by atoms with E-state index in [0.717, 1.165) is 25.1 Å². The molecule has 0 radical (unpaired) electrons. The Bertz CT molecular complexity index is 305. The second-order valence-corrected chi connectivity index (χ2v) is 4.56. The zero-order valence-electron chi connectivity index (χ0n) is 9.59. The van der Waals surface area contributed by atoms with Gasteiger partial charge in [0.1, 0.15) is 11.9 Å². The standard InChI is InChI=1S/C12H17Cl2NO/c1-3-4-11(8-15-2)16-12-6-9(13)5-10(14)7-12/h5-7,11,15H,3-4,8H2,1-2H3. The maximum Gasteiger partial charge on any atom is 0.122 e. The van der Waals surface area contributed by atoms with Gasteiger partial charge in [0.2, 0.25) is 0 Å². The lowest BCUT2D eigenvalue weighted by Crippen LogP contribution is -2.29. The molecule has 0 saturated carbocycles. The first kappa shape index (κ1) is 13.6. The van der Waals surface area contributed by atoms with Crippen molar-refractivity contribution in [3.63, 3.8) is 0 Å². The number of nitrogens with one attached hydrogen (secondary N) is 1. The third-order valence-electron chi connectivity index (χ3n) is 2.18. The van der Waals surface area contributed by atoms with Crippen molar-refractivity contribution in [1.82, 2.24) is 5.32 Å². The molecule has 1 aromatic rings. The molecule has 1 aromatic carbocycles. The van der Waals surface area contributed by atoms with E-state index in [1.165, 1.54) is 0 Å². The summed E-state index contributed by atoms with van der Waals surface area (Å²) in [4.78, 5) is 0. The van der Waals surface area contributed by atoms with Crippen molar-refractivity contribution in [3.8, 4) is 5.75 Å². The summed E-state index contributed by atoms with van der Waals surface area (Å²) in [5.74, 6) is 0.728. The first-order chi connectivity index (χ1) is 7.65. The number of likely N-dealkylation sites (N-methyl/N-ethyl adjacent to an activating group) is 1. The third kappa shape index (κ3) is 4.60. The van der Waals surface area contributed by atoms with E-state index in [1.807, 2.05) is 7.05 Å². The molecule has 0 aliphatic heterocycles. The van der Waals surface area contributed by atoms with E-state index < -0.39 is 0 Å². The van der Waals surface area contributed by atoms with Gasteiger partial charge in [-0.15, -0.1) is 0 Å². The van der Waals surface area contributed by atoms with Crippen molar-refractivity contribution in [3.05, 3.63) is 28.2 Å². The highest BCUT2D eigenvalue weighted by Gasteiger charge is 2.09. The van der Waals surface area contributed by atoms with Crippen LogP contribution in [-0.2, 0) is 0 Å². The Morgan fingerprint density at radius 2 is 1.88 bits per heavy atom. The molecule has 0 aromatic heterocycles. The number of halogens is 2. The summed E-state index contributed by atoms with van der Waals surface area (Å²) in [6.45, 7) is 2.95. The highest BCUT2D eigenvalue weighted by molar-refractivity contribution is 6.34. The highest BCUT2D eigenvalue weighted by atomic mass is 35.5. The van der Waals surface area contributed by atoms with Crippen molar-refractivity contribution < 1.29 is 4.74 Å². The van der Waals surface area contributed by atoms with Gasteiger partial charge in [-0.2, -0.15) is 0 Å². The molecule has 0 saturated heterocycles. The highest BCUT2D eigenvalue weighted by Crippen LogP contribution is 2.25. The topological polar surface area (TPSA) is 21.3 Å². The van der Waals surface area contributed by atoms with Crippen LogP contribution in [0, 0.1) is 0 Å². The lowest BCUT2D eigenvalue weighted by atomic mass is 10.2. The van der Waals surface area contributed by atoms with Crippen LogP contribution in [-0.4, -0.2) is 19.7 Å². The van der Waals surface area contributed by atoms with Gasteiger partial charge in [-0.1, -0.05) is 36.5 Å². The molecule has 90 valence electrons. The number of hydrogen-bond acceptors (Lipinski definition) is 2. The Morgan fingerprint density at radius 3 is 2.38 bits per heavy atom. The maximum atomic E-state index is 5.91. The van der Waals surface area contributed by atoms with E-state index in [-0.39, 0.29) is 6.10 Å². The Morgan fingerprint density at radius 1 is 1.25 bits per heavy atom. The predicted molar refractivity (Wildman–Crippen MR) is 69.7 cm³/mol. The number of ether oxygens (including phenoxy) is 1. The zero-order chi connectivity index (χ0) is 12.0. The fourth-order valence-corrected chi connectivity index (χ4v) is 2.05.